The molecule has 0 aliphatic carbocycles. The van der Waals surface area contributed by atoms with Gasteiger partial charge < -0.3 is 20.7 Å². The van der Waals surface area contributed by atoms with E-state index in [0.717, 1.165) is 33.6 Å². The van der Waals surface area contributed by atoms with E-state index in [1.54, 1.807) is 18.6 Å². The number of imidazole rings is 1. The number of anilines is 1. The smallest absolute Gasteiger partial charge is 0.326 e. The Balaban J connectivity index is 1.96. The summed E-state index contributed by atoms with van der Waals surface area (Å²) in [6, 6.07) is 10.7. The largest absolute Gasteiger partial charge is 0.480 e. The molecule has 0 radical (unpaired) electrons. The topological polar surface area (TPSA) is 107 Å². The van der Waals surface area contributed by atoms with Gasteiger partial charge >= 0.3 is 5.97 Å². The minimum atomic E-state index is -1.03. The zero-order chi connectivity index (χ0) is 23.3. The summed E-state index contributed by atoms with van der Waals surface area (Å²) in [5.41, 5.74) is 6.07. The maximum absolute atomic E-state index is 13.2. The SMILES string of the molecule is Cc1cc(C)cc(-c2cc(NCc3cnc[nH]3)ccc2C(=O)NC(CC(C)C)C(=O)O)c1. The van der Waals surface area contributed by atoms with E-state index < -0.39 is 17.9 Å². The molecular formula is C25H30N4O3. The number of aliphatic carboxylic acids is 1. The summed E-state index contributed by atoms with van der Waals surface area (Å²) in [5.74, 6) is -1.28. The van der Waals surface area contributed by atoms with Crippen molar-refractivity contribution in [3.05, 3.63) is 71.3 Å². The minimum absolute atomic E-state index is 0.143. The van der Waals surface area contributed by atoms with Crippen molar-refractivity contribution in [2.24, 2.45) is 5.92 Å². The summed E-state index contributed by atoms with van der Waals surface area (Å²) in [6.07, 6.45) is 3.74. The molecule has 1 unspecified atom stereocenters. The van der Waals surface area contributed by atoms with E-state index in [1.165, 1.54) is 0 Å². The zero-order valence-corrected chi connectivity index (χ0v) is 18.9. The highest BCUT2D eigenvalue weighted by atomic mass is 16.4. The third-order valence-corrected chi connectivity index (χ3v) is 5.15. The molecule has 32 heavy (non-hydrogen) atoms. The maximum Gasteiger partial charge on any atom is 0.326 e. The number of carbonyl (C=O) groups is 2. The van der Waals surface area contributed by atoms with Crippen molar-refractivity contribution in [1.29, 1.82) is 0 Å². The molecule has 1 amide bonds. The third-order valence-electron chi connectivity index (χ3n) is 5.15. The molecular weight excluding hydrogens is 404 g/mol. The van der Waals surface area contributed by atoms with Crippen LogP contribution >= 0.6 is 0 Å². The maximum atomic E-state index is 13.2. The number of aromatic nitrogens is 2. The first-order valence-corrected chi connectivity index (χ1v) is 10.7. The highest BCUT2D eigenvalue weighted by molar-refractivity contribution is 6.03. The number of aryl methyl sites for hydroxylation is 2. The average molecular weight is 435 g/mol. The van der Waals surface area contributed by atoms with Crippen molar-refractivity contribution in [3.63, 3.8) is 0 Å². The number of carboxylic acid groups (broad SMARTS) is 1. The van der Waals surface area contributed by atoms with Crippen LogP contribution in [0.5, 0.6) is 0 Å². The quantitative estimate of drug-likeness (QED) is 0.396. The van der Waals surface area contributed by atoms with Crippen LogP contribution in [0.25, 0.3) is 11.1 Å². The number of hydrogen-bond acceptors (Lipinski definition) is 4. The zero-order valence-electron chi connectivity index (χ0n) is 18.9. The summed E-state index contributed by atoms with van der Waals surface area (Å²) < 4.78 is 0. The van der Waals surface area contributed by atoms with Gasteiger partial charge in [-0.1, -0.05) is 43.2 Å². The second kappa shape index (κ2) is 10.1. The average Bonchev–Trinajstić information content (AvgIpc) is 3.24. The van der Waals surface area contributed by atoms with Gasteiger partial charge in [0, 0.05) is 17.4 Å². The fourth-order valence-corrected chi connectivity index (χ4v) is 3.73. The first-order valence-electron chi connectivity index (χ1n) is 10.7. The van der Waals surface area contributed by atoms with Gasteiger partial charge in [-0.25, -0.2) is 9.78 Å². The number of hydrogen-bond donors (Lipinski definition) is 4. The Morgan fingerprint density at radius 3 is 2.41 bits per heavy atom. The minimum Gasteiger partial charge on any atom is -0.480 e. The first-order chi connectivity index (χ1) is 15.2. The molecule has 168 valence electrons. The number of nitrogens with zero attached hydrogens (tertiary/aromatic N) is 1. The van der Waals surface area contributed by atoms with Crippen molar-refractivity contribution in [1.82, 2.24) is 15.3 Å². The Morgan fingerprint density at radius 2 is 1.81 bits per heavy atom. The second-order valence-electron chi connectivity index (χ2n) is 8.56. The van der Waals surface area contributed by atoms with E-state index in [2.05, 4.69) is 26.7 Å². The van der Waals surface area contributed by atoms with Gasteiger partial charge in [0.05, 0.1) is 18.6 Å². The molecule has 0 bridgehead atoms. The van der Waals surface area contributed by atoms with E-state index in [1.807, 2.05) is 52.0 Å². The highest BCUT2D eigenvalue weighted by Crippen LogP contribution is 2.29. The van der Waals surface area contributed by atoms with Crippen molar-refractivity contribution in [3.8, 4) is 11.1 Å². The van der Waals surface area contributed by atoms with Crippen molar-refractivity contribution < 1.29 is 14.7 Å². The van der Waals surface area contributed by atoms with Crippen LogP contribution in [-0.2, 0) is 11.3 Å². The lowest BCUT2D eigenvalue weighted by Crippen LogP contribution is -2.41. The molecule has 7 heteroatoms. The molecule has 3 rings (SSSR count). The number of benzene rings is 2. The van der Waals surface area contributed by atoms with E-state index in [4.69, 9.17) is 0 Å². The van der Waals surface area contributed by atoms with Crippen LogP contribution < -0.4 is 10.6 Å². The lowest BCUT2D eigenvalue weighted by molar-refractivity contribution is -0.139. The van der Waals surface area contributed by atoms with Crippen LogP contribution in [0, 0.1) is 19.8 Å². The number of nitrogens with one attached hydrogen (secondary N) is 3. The van der Waals surface area contributed by atoms with Gasteiger partial charge in [0.15, 0.2) is 0 Å². The summed E-state index contributed by atoms with van der Waals surface area (Å²) in [4.78, 5) is 31.9. The van der Waals surface area contributed by atoms with E-state index in [0.29, 0.717) is 18.5 Å². The second-order valence-corrected chi connectivity index (χ2v) is 8.56. The Bertz CT molecular complexity index is 1070. The normalized spacial score (nSPS) is 11.9. The molecule has 7 nitrogen and oxygen atoms in total. The number of carbonyl (C=O) groups excluding carboxylic acids is 1. The number of H-pyrrole nitrogens is 1. The van der Waals surface area contributed by atoms with Crippen LogP contribution in [0.3, 0.4) is 0 Å². The summed E-state index contributed by atoms with van der Waals surface area (Å²) in [7, 11) is 0. The molecule has 0 aliphatic rings. The van der Waals surface area contributed by atoms with Crippen molar-refractivity contribution in [2.45, 2.75) is 46.7 Å². The molecule has 0 fully saturated rings. The van der Waals surface area contributed by atoms with Crippen LogP contribution in [0.2, 0.25) is 0 Å². The Morgan fingerprint density at radius 1 is 1.09 bits per heavy atom. The van der Waals surface area contributed by atoms with Gasteiger partial charge in [0.1, 0.15) is 6.04 Å². The number of rotatable bonds is 9. The molecule has 3 aromatic rings. The molecule has 1 atom stereocenters. The lowest BCUT2D eigenvalue weighted by atomic mass is 9.95. The van der Waals surface area contributed by atoms with Crippen molar-refractivity contribution in [2.75, 3.05) is 5.32 Å². The highest BCUT2D eigenvalue weighted by Gasteiger charge is 2.23. The number of carboxylic acids is 1. The van der Waals surface area contributed by atoms with Gasteiger partial charge in [-0.2, -0.15) is 0 Å². The molecule has 1 aromatic heterocycles. The van der Waals surface area contributed by atoms with Crippen molar-refractivity contribution >= 4 is 17.6 Å². The molecule has 0 saturated heterocycles. The van der Waals surface area contributed by atoms with Gasteiger partial charge in [-0.15, -0.1) is 0 Å². The van der Waals surface area contributed by atoms with E-state index >= 15 is 0 Å². The third kappa shape index (κ3) is 5.97. The van der Waals surface area contributed by atoms with Gasteiger partial charge in [0.25, 0.3) is 5.91 Å². The number of amides is 1. The molecule has 2 aromatic carbocycles. The van der Waals surface area contributed by atoms with E-state index in [-0.39, 0.29) is 5.92 Å². The van der Waals surface area contributed by atoms with Crippen LogP contribution in [-0.4, -0.2) is 33.0 Å². The van der Waals surface area contributed by atoms with Crippen LogP contribution in [0.1, 0.15) is 47.4 Å². The summed E-state index contributed by atoms with van der Waals surface area (Å²) >= 11 is 0. The molecule has 4 N–H and O–H groups in total. The Labute approximate surface area is 188 Å². The fraction of sp³-hybridized carbons (Fsp3) is 0.320. The van der Waals surface area contributed by atoms with E-state index in [9.17, 15) is 14.7 Å². The standard InChI is InChI=1S/C25H30N4O3/c1-15(2)7-23(25(31)32)29-24(30)21-6-5-19(27-13-20-12-26-14-28-20)11-22(21)18-9-16(3)8-17(4)10-18/h5-6,8-12,14-15,23,27H,7,13H2,1-4H3,(H,26,28)(H,29,30)(H,31,32). The predicted molar refractivity (Wildman–Crippen MR) is 126 cm³/mol. The molecule has 0 aliphatic heterocycles. The predicted octanol–water partition coefficient (Wildman–Crippen LogP) is 4.53. The summed E-state index contributed by atoms with van der Waals surface area (Å²) in [5, 5.41) is 15.6. The lowest BCUT2D eigenvalue weighted by Gasteiger charge is -2.19. The summed E-state index contributed by atoms with van der Waals surface area (Å²) in [6.45, 7) is 8.46. The Kier molecular flexibility index (Phi) is 7.30. The van der Waals surface area contributed by atoms with Gasteiger partial charge in [-0.05, 0) is 55.5 Å². The monoisotopic (exact) mass is 434 g/mol. The number of aromatic amines is 1. The van der Waals surface area contributed by atoms with Crippen LogP contribution in [0.15, 0.2) is 48.9 Å². The van der Waals surface area contributed by atoms with Gasteiger partial charge in [-0.3, -0.25) is 4.79 Å². The fourth-order valence-electron chi connectivity index (χ4n) is 3.73. The first kappa shape index (κ1) is 23.1. The molecule has 1 heterocycles. The van der Waals surface area contributed by atoms with Crippen LogP contribution in [0.4, 0.5) is 5.69 Å². The molecule has 0 spiro atoms. The van der Waals surface area contributed by atoms with Gasteiger partial charge in [0.2, 0.25) is 0 Å². The molecule has 0 saturated carbocycles. The Hall–Kier alpha value is -3.61.